The Bertz CT molecular complexity index is 1670. The van der Waals surface area contributed by atoms with E-state index in [1.807, 2.05) is 23.1 Å². The van der Waals surface area contributed by atoms with Gasteiger partial charge in [0.15, 0.2) is 5.58 Å². The van der Waals surface area contributed by atoms with Gasteiger partial charge in [-0.15, -0.1) is 0 Å². The van der Waals surface area contributed by atoms with Gasteiger partial charge in [0.25, 0.3) is 5.91 Å². The van der Waals surface area contributed by atoms with Gasteiger partial charge in [0.1, 0.15) is 35.0 Å². The first kappa shape index (κ1) is 24.5. The number of pyridine rings is 2. The van der Waals surface area contributed by atoms with E-state index in [-0.39, 0.29) is 17.6 Å². The number of nitrogens with one attached hydrogen (secondary N) is 1. The summed E-state index contributed by atoms with van der Waals surface area (Å²) in [6, 6.07) is 13.2. The second-order valence-corrected chi connectivity index (χ2v) is 10.5. The highest BCUT2D eigenvalue weighted by molar-refractivity contribution is 5.95. The minimum absolute atomic E-state index is 0.139. The van der Waals surface area contributed by atoms with E-state index in [4.69, 9.17) is 13.9 Å². The van der Waals surface area contributed by atoms with E-state index in [1.54, 1.807) is 30.6 Å². The minimum Gasteiger partial charge on any atom is -0.496 e. The average molecular weight is 540 g/mol. The van der Waals surface area contributed by atoms with Gasteiger partial charge >= 0.3 is 0 Å². The van der Waals surface area contributed by atoms with Crippen LogP contribution >= 0.6 is 0 Å². The van der Waals surface area contributed by atoms with Crippen LogP contribution in [0.3, 0.4) is 0 Å². The highest BCUT2D eigenvalue weighted by Crippen LogP contribution is 2.44. The van der Waals surface area contributed by atoms with Crippen LogP contribution in [0.2, 0.25) is 0 Å². The maximum atomic E-state index is 13.8. The van der Waals surface area contributed by atoms with Crippen LogP contribution in [0, 0.1) is 23.2 Å². The van der Waals surface area contributed by atoms with Gasteiger partial charge < -0.3 is 24.1 Å². The molecule has 1 N–H and O–H groups in total. The lowest BCUT2D eigenvalue weighted by Gasteiger charge is -2.19. The van der Waals surface area contributed by atoms with Crippen LogP contribution in [0.5, 0.6) is 5.75 Å². The molecule has 3 aromatic heterocycles. The molecule has 10 heteroatoms. The summed E-state index contributed by atoms with van der Waals surface area (Å²) in [6.45, 7) is 2.26. The van der Waals surface area contributed by atoms with E-state index in [9.17, 15) is 14.4 Å². The molecule has 3 aliphatic rings. The van der Waals surface area contributed by atoms with Crippen LogP contribution in [0.15, 0.2) is 53.2 Å². The van der Waals surface area contributed by atoms with E-state index in [0.717, 1.165) is 16.8 Å². The molecule has 2 saturated heterocycles. The summed E-state index contributed by atoms with van der Waals surface area (Å²) in [5.41, 5.74) is 4.79. The number of methoxy groups -OCH3 is 1. The molecule has 7 rings (SSSR count). The molecule has 2 aliphatic heterocycles. The Kier molecular flexibility index (Phi) is 5.90. The van der Waals surface area contributed by atoms with Crippen molar-refractivity contribution in [1.82, 2.24) is 15.3 Å². The summed E-state index contributed by atoms with van der Waals surface area (Å²) in [5.74, 6) is 1.48. The number of benzene rings is 1. The Morgan fingerprint density at radius 3 is 2.77 bits per heavy atom. The van der Waals surface area contributed by atoms with Crippen LogP contribution in [0.25, 0.3) is 33.6 Å². The van der Waals surface area contributed by atoms with Gasteiger partial charge in [-0.25, -0.2) is 4.39 Å². The fourth-order valence-corrected chi connectivity index (χ4v) is 5.90. The Hall–Kier alpha value is -4.49. The second-order valence-electron chi connectivity index (χ2n) is 10.5. The van der Waals surface area contributed by atoms with Crippen molar-refractivity contribution in [2.45, 2.75) is 18.6 Å². The molecule has 0 radical (unpaired) electrons. The Labute approximate surface area is 229 Å². The normalized spacial score (nSPS) is 23.2. The number of hydrogen-bond donors (Lipinski definition) is 1. The van der Waals surface area contributed by atoms with Crippen molar-refractivity contribution in [3.8, 4) is 34.3 Å². The molecule has 1 aliphatic carbocycles. The number of ether oxygens (including phenoxy) is 2. The third kappa shape index (κ3) is 4.14. The van der Waals surface area contributed by atoms with Crippen molar-refractivity contribution in [3.05, 3.63) is 60.0 Å². The number of carbonyl (C=O) groups is 1. The van der Waals surface area contributed by atoms with Crippen LogP contribution < -0.4 is 15.0 Å². The highest BCUT2D eigenvalue weighted by atomic mass is 19.1. The molecule has 1 saturated carbocycles. The molecule has 3 unspecified atom stereocenters. The molecule has 202 valence electrons. The predicted molar refractivity (Wildman–Crippen MR) is 145 cm³/mol. The van der Waals surface area contributed by atoms with Crippen molar-refractivity contribution >= 4 is 22.7 Å². The molecule has 40 heavy (non-hydrogen) atoms. The summed E-state index contributed by atoms with van der Waals surface area (Å²) in [4.78, 5) is 23.6. The fourth-order valence-electron chi connectivity index (χ4n) is 5.90. The fraction of sp³-hybridized carbons (Fsp3) is 0.333. The SMILES string of the molecule is COc1cc(C(=O)NC2C3COCC32)ncc1-c1cc2nccc(-c3ccc(N4CCC(F)C4)c(C#N)c3)c2o1. The molecule has 0 bridgehead atoms. The topological polar surface area (TPSA) is 114 Å². The standard InChI is InChI=1S/C30H26FN5O4/c1-38-26-10-24(30(37)35-28-21-14-39-15-22(21)28)34-12-20(26)27-9-23-29(40-27)19(4-6-33-23)16-2-3-25(17(8-16)11-32)36-7-5-18(31)13-36/h2-4,6,8-10,12,18,21-22,28H,5,7,13-15H2,1H3,(H,35,37). The lowest BCUT2D eigenvalue weighted by Crippen LogP contribution is -2.30. The number of anilines is 1. The van der Waals surface area contributed by atoms with Gasteiger partial charge in [0.05, 0.1) is 37.1 Å². The largest absolute Gasteiger partial charge is 0.496 e. The van der Waals surface area contributed by atoms with E-state index in [0.29, 0.717) is 78.3 Å². The number of furan rings is 1. The zero-order valence-electron chi connectivity index (χ0n) is 21.8. The third-order valence-electron chi connectivity index (χ3n) is 8.15. The Morgan fingerprint density at radius 2 is 2.02 bits per heavy atom. The van der Waals surface area contributed by atoms with Gasteiger partial charge in [-0.1, -0.05) is 6.07 Å². The number of halogens is 1. The molecule has 4 aromatic rings. The maximum absolute atomic E-state index is 13.8. The molecular formula is C30H26FN5O4. The number of rotatable bonds is 6. The van der Waals surface area contributed by atoms with Crippen LogP contribution in [0.1, 0.15) is 22.5 Å². The minimum atomic E-state index is -0.879. The first-order chi connectivity index (χ1) is 19.5. The number of amides is 1. The number of hydrogen-bond acceptors (Lipinski definition) is 8. The summed E-state index contributed by atoms with van der Waals surface area (Å²) >= 11 is 0. The van der Waals surface area contributed by atoms with Crippen molar-refractivity contribution in [1.29, 1.82) is 5.26 Å². The van der Waals surface area contributed by atoms with Gasteiger partial charge in [-0.2, -0.15) is 5.26 Å². The van der Waals surface area contributed by atoms with E-state index < -0.39 is 6.17 Å². The first-order valence-electron chi connectivity index (χ1n) is 13.3. The lowest BCUT2D eigenvalue weighted by molar-refractivity contribution is 0.0923. The summed E-state index contributed by atoms with van der Waals surface area (Å²) < 4.78 is 31.1. The van der Waals surface area contributed by atoms with Gasteiger partial charge in [0.2, 0.25) is 0 Å². The lowest BCUT2D eigenvalue weighted by atomic mass is 10.0. The molecule has 1 amide bonds. The number of aromatic nitrogens is 2. The molecular weight excluding hydrogens is 513 g/mol. The van der Waals surface area contributed by atoms with Crippen molar-refractivity contribution in [2.75, 3.05) is 38.3 Å². The molecule has 0 spiro atoms. The van der Waals surface area contributed by atoms with Gasteiger partial charge in [0, 0.05) is 61.1 Å². The molecule has 3 atom stereocenters. The number of carbonyl (C=O) groups excluding carboxylic acids is 1. The van der Waals surface area contributed by atoms with Crippen molar-refractivity contribution in [2.24, 2.45) is 11.8 Å². The zero-order chi connectivity index (χ0) is 27.4. The highest BCUT2D eigenvalue weighted by Gasteiger charge is 2.54. The Balaban J connectivity index is 1.19. The van der Waals surface area contributed by atoms with Crippen LogP contribution in [0.4, 0.5) is 10.1 Å². The van der Waals surface area contributed by atoms with Gasteiger partial charge in [-0.05, 0) is 30.2 Å². The van der Waals surface area contributed by atoms with E-state index in [1.165, 1.54) is 7.11 Å². The van der Waals surface area contributed by atoms with Gasteiger partial charge in [-0.3, -0.25) is 14.8 Å². The molecule has 3 fully saturated rings. The van der Waals surface area contributed by atoms with Crippen molar-refractivity contribution in [3.63, 3.8) is 0 Å². The number of nitrogens with zero attached hydrogens (tertiary/aromatic N) is 4. The smallest absolute Gasteiger partial charge is 0.270 e. The maximum Gasteiger partial charge on any atom is 0.270 e. The zero-order valence-corrected chi connectivity index (χ0v) is 21.8. The molecule has 5 heterocycles. The van der Waals surface area contributed by atoms with E-state index >= 15 is 0 Å². The predicted octanol–water partition coefficient (Wildman–Crippen LogP) is 4.36. The molecule has 9 nitrogen and oxygen atoms in total. The number of nitriles is 1. The quantitative estimate of drug-likeness (QED) is 0.385. The van der Waals surface area contributed by atoms with E-state index in [2.05, 4.69) is 21.4 Å². The summed E-state index contributed by atoms with van der Waals surface area (Å²) in [5, 5.41) is 12.9. The third-order valence-corrected chi connectivity index (χ3v) is 8.15. The van der Waals surface area contributed by atoms with Crippen LogP contribution in [-0.4, -0.2) is 61.5 Å². The van der Waals surface area contributed by atoms with Crippen LogP contribution in [-0.2, 0) is 4.74 Å². The summed E-state index contributed by atoms with van der Waals surface area (Å²) in [6.07, 6.45) is 2.84. The second kappa shape index (κ2) is 9.61. The molecule has 1 aromatic carbocycles. The number of alkyl halides is 1. The van der Waals surface area contributed by atoms with Crippen molar-refractivity contribution < 1.29 is 23.1 Å². The number of fused-ring (bicyclic) bond motifs is 2. The monoisotopic (exact) mass is 539 g/mol. The first-order valence-corrected chi connectivity index (χ1v) is 13.3. The average Bonchev–Trinajstić information content (AvgIpc) is 3.46. The Morgan fingerprint density at radius 1 is 1.18 bits per heavy atom. The summed E-state index contributed by atoms with van der Waals surface area (Å²) in [7, 11) is 1.53.